The van der Waals surface area contributed by atoms with E-state index in [4.69, 9.17) is 9.47 Å². The lowest BCUT2D eigenvalue weighted by molar-refractivity contribution is -0.119. The summed E-state index contributed by atoms with van der Waals surface area (Å²) in [5, 5.41) is 2.76. The van der Waals surface area contributed by atoms with Gasteiger partial charge in [-0.2, -0.15) is 4.31 Å². The summed E-state index contributed by atoms with van der Waals surface area (Å²) < 4.78 is 37.5. The van der Waals surface area contributed by atoms with Crippen LogP contribution >= 0.6 is 0 Å². The molecule has 0 saturated carbocycles. The van der Waals surface area contributed by atoms with Crippen molar-refractivity contribution in [3.8, 4) is 5.75 Å². The fraction of sp³-hybridized carbons (Fsp3) is 0.562. The summed E-state index contributed by atoms with van der Waals surface area (Å²) in [6, 6.07) is 4.64. The number of rotatable bonds is 6. The Kier molecular flexibility index (Phi) is 6.20. The maximum absolute atomic E-state index is 12.9. The quantitative estimate of drug-likeness (QED) is 0.839. The number of anilines is 1. The van der Waals surface area contributed by atoms with Gasteiger partial charge in [0.2, 0.25) is 15.9 Å². The van der Waals surface area contributed by atoms with Crippen molar-refractivity contribution in [1.29, 1.82) is 0 Å². The molecule has 8 heteroatoms. The molecule has 2 rings (SSSR count). The van der Waals surface area contributed by atoms with Crippen molar-refractivity contribution in [2.45, 2.75) is 25.2 Å². The lowest BCUT2D eigenvalue weighted by Crippen LogP contribution is -2.40. The second-order valence-corrected chi connectivity index (χ2v) is 7.59. The highest BCUT2D eigenvalue weighted by Crippen LogP contribution is 2.30. The van der Waals surface area contributed by atoms with Gasteiger partial charge in [-0.3, -0.25) is 4.79 Å². The Morgan fingerprint density at radius 2 is 2.04 bits per heavy atom. The van der Waals surface area contributed by atoms with E-state index in [-0.39, 0.29) is 22.5 Å². The molecule has 1 saturated heterocycles. The summed E-state index contributed by atoms with van der Waals surface area (Å²) in [5.74, 6) is -0.0354. The number of morpholine rings is 1. The fourth-order valence-corrected chi connectivity index (χ4v) is 3.92. The van der Waals surface area contributed by atoms with Crippen LogP contribution in [0.5, 0.6) is 5.75 Å². The zero-order valence-corrected chi connectivity index (χ0v) is 15.1. The highest BCUT2D eigenvalue weighted by atomic mass is 32.2. The Hall–Kier alpha value is -1.64. The minimum atomic E-state index is -3.71. The molecule has 0 bridgehead atoms. The topological polar surface area (TPSA) is 84.9 Å². The molecule has 1 aliphatic rings. The summed E-state index contributed by atoms with van der Waals surface area (Å²) in [6.07, 6.45) is 0.709. The van der Waals surface area contributed by atoms with Gasteiger partial charge < -0.3 is 14.8 Å². The highest BCUT2D eigenvalue weighted by molar-refractivity contribution is 7.89. The van der Waals surface area contributed by atoms with E-state index < -0.39 is 10.0 Å². The number of nitrogens with zero attached hydrogens (tertiary/aromatic N) is 1. The third kappa shape index (κ3) is 4.06. The van der Waals surface area contributed by atoms with Crippen LogP contribution in [-0.4, -0.2) is 52.0 Å². The maximum Gasteiger partial charge on any atom is 0.246 e. The second kappa shape index (κ2) is 7.96. The van der Waals surface area contributed by atoms with Gasteiger partial charge in [-0.05, 0) is 24.6 Å². The lowest BCUT2D eigenvalue weighted by atomic mass is 10.1. The van der Waals surface area contributed by atoms with Gasteiger partial charge in [0, 0.05) is 24.7 Å². The average molecular weight is 356 g/mol. The van der Waals surface area contributed by atoms with Crippen molar-refractivity contribution in [1.82, 2.24) is 4.31 Å². The first-order chi connectivity index (χ1) is 11.4. The highest BCUT2D eigenvalue weighted by Gasteiger charge is 2.29. The van der Waals surface area contributed by atoms with Crippen molar-refractivity contribution in [3.63, 3.8) is 0 Å². The Morgan fingerprint density at radius 3 is 2.62 bits per heavy atom. The molecule has 1 aromatic carbocycles. The van der Waals surface area contributed by atoms with E-state index in [1.54, 1.807) is 12.1 Å². The lowest BCUT2D eigenvalue weighted by Gasteiger charge is -2.27. The average Bonchev–Trinajstić information content (AvgIpc) is 2.61. The zero-order chi connectivity index (χ0) is 17.7. The molecule has 1 fully saturated rings. The largest absolute Gasteiger partial charge is 0.495 e. The molecule has 0 aromatic heterocycles. The van der Waals surface area contributed by atoms with Gasteiger partial charge in [0.1, 0.15) is 10.6 Å². The number of nitrogens with one attached hydrogen (secondary N) is 1. The van der Waals surface area contributed by atoms with Gasteiger partial charge in [0.05, 0.1) is 20.3 Å². The van der Waals surface area contributed by atoms with Gasteiger partial charge in [0.25, 0.3) is 0 Å². The van der Waals surface area contributed by atoms with Crippen LogP contribution < -0.4 is 10.1 Å². The summed E-state index contributed by atoms with van der Waals surface area (Å²) in [6.45, 7) is 5.08. The van der Waals surface area contributed by atoms with E-state index in [9.17, 15) is 13.2 Å². The molecular formula is C16H24N2O5S. The Balaban J connectivity index is 2.33. The number of sulfonamides is 1. The summed E-state index contributed by atoms with van der Waals surface area (Å²) in [7, 11) is -2.29. The molecule has 0 spiro atoms. The first kappa shape index (κ1) is 18.7. The minimum absolute atomic E-state index is 0.0499. The Labute approximate surface area is 143 Å². The molecule has 0 radical (unpaired) electrons. The predicted molar refractivity (Wildman–Crippen MR) is 90.7 cm³/mol. The molecule has 1 amide bonds. The predicted octanol–water partition coefficient (Wildman–Crippen LogP) is 1.70. The van der Waals surface area contributed by atoms with Crippen LogP contribution in [0, 0.1) is 5.92 Å². The Bertz CT molecular complexity index is 684. The molecular weight excluding hydrogens is 332 g/mol. The van der Waals surface area contributed by atoms with Crippen LogP contribution in [0.4, 0.5) is 5.69 Å². The first-order valence-electron chi connectivity index (χ1n) is 7.97. The van der Waals surface area contributed by atoms with Gasteiger partial charge in [-0.15, -0.1) is 0 Å². The van der Waals surface area contributed by atoms with Gasteiger partial charge in [-0.1, -0.05) is 13.8 Å². The summed E-state index contributed by atoms with van der Waals surface area (Å²) in [4.78, 5) is 12.1. The third-order valence-corrected chi connectivity index (χ3v) is 6.00. The second-order valence-electron chi connectivity index (χ2n) is 5.68. The number of benzene rings is 1. The number of methoxy groups -OCH3 is 1. The number of carbonyl (C=O) groups is 1. The number of carbonyl (C=O) groups excluding carboxylic acids is 1. The molecule has 0 aliphatic carbocycles. The molecule has 1 heterocycles. The van der Waals surface area contributed by atoms with E-state index in [1.165, 1.54) is 17.5 Å². The van der Waals surface area contributed by atoms with Crippen LogP contribution in [0.2, 0.25) is 0 Å². The molecule has 1 unspecified atom stereocenters. The van der Waals surface area contributed by atoms with Crippen molar-refractivity contribution in [3.05, 3.63) is 18.2 Å². The molecule has 1 aromatic rings. The first-order valence-corrected chi connectivity index (χ1v) is 9.41. The van der Waals surface area contributed by atoms with E-state index in [1.807, 2.05) is 13.8 Å². The molecule has 1 aliphatic heterocycles. The van der Waals surface area contributed by atoms with E-state index >= 15 is 0 Å². The fourth-order valence-electron chi connectivity index (χ4n) is 2.33. The molecule has 134 valence electrons. The molecule has 24 heavy (non-hydrogen) atoms. The molecule has 7 nitrogen and oxygen atoms in total. The standard InChI is InChI=1S/C16H24N2O5S/c1-4-12(2)16(19)17-13-5-6-14(22-3)15(11-13)24(20,21)18-7-9-23-10-8-18/h5-6,11-12H,4,7-10H2,1-3H3,(H,17,19). The molecule has 1 N–H and O–H groups in total. The maximum atomic E-state index is 12.9. The number of hydrogen-bond acceptors (Lipinski definition) is 5. The minimum Gasteiger partial charge on any atom is -0.495 e. The van der Waals surface area contributed by atoms with Gasteiger partial charge in [0.15, 0.2) is 0 Å². The molecule has 1 atom stereocenters. The van der Waals surface area contributed by atoms with Gasteiger partial charge in [-0.25, -0.2) is 8.42 Å². The van der Waals surface area contributed by atoms with Crippen LogP contribution in [0.1, 0.15) is 20.3 Å². The summed E-state index contributed by atoms with van der Waals surface area (Å²) >= 11 is 0. The number of ether oxygens (including phenoxy) is 2. The Morgan fingerprint density at radius 1 is 1.38 bits per heavy atom. The van der Waals surface area contributed by atoms with Gasteiger partial charge >= 0.3 is 0 Å². The van der Waals surface area contributed by atoms with Crippen molar-refractivity contribution >= 4 is 21.6 Å². The van der Waals surface area contributed by atoms with E-state index in [2.05, 4.69) is 5.32 Å². The van der Waals surface area contributed by atoms with Crippen LogP contribution in [0.25, 0.3) is 0 Å². The smallest absolute Gasteiger partial charge is 0.246 e. The van der Waals surface area contributed by atoms with Crippen molar-refractivity contribution in [2.24, 2.45) is 5.92 Å². The van der Waals surface area contributed by atoms with E-state index in [0.29, 0.717) is 38.4 Å². The monoisotopic (exact) mass is 356 g/mol. The van der Waals surface area contributed by atoms with Crippen LogP contribution in [0.3, 0.4) is 0 Å². The normalized spacial score (nSPS) is 17.3. The van der Waals surface area contributed by atoms with E-state index in [0.717, 1.165) is 0 Å². The van der Waals surface area contributed by atoms with Crippen LogP contribution in [0.15, 0.2) is 23.1 Å². The SMILES string of the molecule is CCC(C)C(=O)Nc1ccc(OC)c(S(=O)(=O)N2CCOCC2)c1. The number of amides is 1. The van der Waals surface area contributed by atoms with Crippen molar-refractivity contribution < 1.29 is 22.7 Å². The zero-order valence-electron chi connectivity index (χ0n) is 14.2. The number of hydrogen-bond donors (Lipinski definition) is 1. The summed E-state index contributed by atoms with van der Waals surface area (Å²) in [5.41, 5.74) is 0.438. The van der Waals surface area contributed by atoms with Crippen molar-refractivity contribution in [2.75, 3.05) is 38.7 Å². The third-order valence-electron chi connectivity index (χ3n) is 4.08. The van der Waals surface area contributed by atoms with Crippen LogP contribution in [-0.2, 0) is 19.6 Å².